The first-order valence-corrected chi connectivity index (χ1v) is 9.22. The molecular weight excluding hydrogens is 362 g/mol. The van der Waals surface area contributed by atoms with Crippen molar-refractivity contribution in [3.8, 4) is 5.75 Å². The summed E-state index contributed by atoms with van der Waals surface area (Å²) in [5.41, 5.74) is 2.77. The molecule has 3 rings (SSSR count). The molecule has 2 aromatic carbocycles. The average molecular weight is 384 g/mol. The zero-order valence-corrected chi connectivity index (χ0v) is 15.9. The summed E-state index contributed by atoms with van der Waals surface area (Å²) < 4.78 is 7.59. The lowest BCUT2D eigenvalue weighted by atomic mass is 10.1. The Morgan fingerprint density at radius 2 is 1.89 bits per heavy atom. The van der Waals surface area contributed by atoms with Gasteiger partial charge in [0, 0.05) is 29.9 Å². The Hall–Kier alpha value is -2.79. The molecule has 6 heteroatoms. The van der Waals surface area contributed by atoms with Crippen LogP contribution in [-0.4, -0.2) is 22.2 Å². The molecule has 1 N–H and O–H groups in total. The number of halogens is 1. The van der Waals surface area contributed by atoms with E-state index in [1.807, 2.05) is 60.4 Å². The van der Waals surface area contributed by atoms with Gasteiger partial charge in [0.1, 0.15) is 12.4 Å². The SMILES string of the molecule is Cc1cnn(CCCNC(=O)c2ccc(COc3ccc(Cl)cc3)cc2)c1. The van der Waals surface area contributed by atoms with Crippen molar-refractivity contribution >= 4 is 17.5 Å². The van der Waals surface area contributed by atoms with Crippen molar-refractivity contribution in [2.75, 3.05) is 6.54 Å². The number of nitrogens with one attached hydrogen (secondary N) is 1. The van der Waals surface area contributed by atoms with Gasteiger partial charge in [-0.3, -0.25) is 9.48 Å². The molecule has 3 aromatic rings. The van der Waals surface area contributed by atoms with Crippen LogP contribution in [0, 0.1) is 6.92 Å². The first-order chi connectivity index (χ1) is 13.1. The van der Waals surface area contributed by atoms with Gasteiger partial charge in [-0.15, -0.1) is 0 Å². The fourth-order valence-corrected chi connectivity index (χ4v) is 2.71. The van der Waals surface area contributed by atoms with Gasteiger partial charge in [0.2, 0.25) is 0 Å². The molecule has 0 radical (unpaired) electrons. The summed E-state index contributed by atoms with van der Waals surface area (Å²) in [6.45, 7) is 3.84. The van der Waals surface area contributed by atoms with Crippen molar-refractivity contribution in [1.29, 1.82) is 0 Å². The topological polar surface area (TPSA) is 56.2 Å². The lowest BCUT2D eigenvalue weighted by Gasteiger charge is -2.08. The van der Waals surface area contributed by atoms with Crippen molar-refractivity contribution in [3.63, 3.8) is 0 Å². The fraction of sp³-hybridized carbons (Fsp3) is 0.238. The van der Waals surface area contributed by atoms with E-state index in [1.165, 1.54) is 0 Å². The van der Waals surface area contributed by atoms with Crippen molar-refractivity contribution in [1.82, 2.24) is 15.1 Å². The predicted molar refractivity (Wildman–Crippen MR) is 106 cm³/mol. The van der Waals surface area contributed by atoms with Crippen LogP contribution >= 0.6 is 11.6 Å². The normalized spacial score (nSPS) is 10.6. The number of hydrogen-bond donors (Lipinski definition) is 1. The van der Waals surface area contributed by atoms with Gasteiger partial charge in [0.05, 0.1) is 6.20 Å². The van der Waals surface area contributed by atoms with Crippen LogP contribution in [0.1, 0.15) is 27.9 Å². The van der Waals surface area contributed by atoms with E-state index in [2.05, 4.69) is 10.4 Å². The third kappa shape index (κ3) is 5.86. The second-order valence-electron chi connectivity index (χ2n) is 6.33. The molecule has 140 valence electrons. The summed E-state index contributed by atoms with van der Waals surface area (Å²) in [5.74, 6) is 0.686. The van der Waals surface area contributed by atoms with E-state index in [1.54, 1.807) is 12.1 Å². The van der Waals surface area contributed by atoms with Crippen LogP contribution in [0.3, 0.4) is 0 Å². The number of aryl methyl sites for hydroxylation is 2. The molecule has 0 atom stereocenters. The molecule has 1 amide bonds. The van der Waals surface area contributed by atoms with E-state index >= 15 is 0 Å². The van der Waals surface area contributed by atoms with Gasteiger partial charge in [0.15, 0.2) is 0 Å². The van der Waals surface area contributed by atoms with Gasteiger partial charge < -0.3 is 10.1 Å². The summed E-state index contributed by atoms with van der Waals surface area (Å²) in [6, 6.07) is 14.7. The second-order valence-corrected chi connectivity index (χ2v) is 6.77. The predicted octanol–water partition coefficient (Wildman–Crippen LogP) is 4.24. The van der Waals surface area contributed by atoms with Crippen LogP contribution in [0.2, 0.25) is 5.02 Å². The van der Waals surface area contributed by atoms with Crippen LogP contribution in [0.5, 0.6) is 5.75 Å². The van der Waals surface area contributed by atoms with Gasteiger partial charge >= 0.3 is 0 Å². The number of aromatic nitrogens is 2. The number of rotatable bonds is 8. The van der Waals surface area contributed by atoms with E-state index in [4.69, 9.17) is 16.3 Å². The number of carbonyl (C=O) groups excluding carboxylic acids is 1. The van der Waals surface area contributed by atoms with E-state index in [9.17, 15) is 4.79 Å². The van der Waals surface area contributed by atoms with Gasteiger partial charge in [-0.2, -0.15) is 5.10 Å². The Kier molecular flexibility index (Phi) is 6.49. The molecule has 1 aromatic heterocycles. The van der Waals surface area contributed by atoms with E-state index in [0.29, 0.717) is 23.7 Å². The molecule has 0 saturated heterocycles. The van der Waals surface area contributed by atoms with Crippen molar-refractivity contribution in [3.05, 3.63) is 82.6 Å². The maximum atomic E-state index is 12.2. The molecule has 5 nitrogen and oxygen atoms in total. The van der Waals surface area contributed by atoms with E-state index in [-0.39, 0.29) is 5.91 Å². The quantitative estimate of drug-likeness (QED) is 0.592. The summed E-state index contributed by atoms with van der Waals surface area (Å²) in [6.07, 6.45) is 4.66. The largest absolute Gasteiger partial charge is 0.489 e. The first kappa shape index (κ1) is 19.0. The number of amides is 1. The smallest absolute Gasteiger partial charge is 0.251 e. The second kappa shape index (κ2) is 9.24. The summed E-state index contributed by atoms with van der Waals surface area (Å²) in [5, 5.41) is 7.84. The zero-order chi connectivity index (χ0) is 19.1. The Morgan fingerprint density at radius 3 is 2.56 bits per heavy atom. The molecule has 0 saturated carbocycles. The van der Waals surface area contributed by atoms with Crippen molar-refractivity contribution in [2.24, 2.45) is 0 Å². The third-order valence-corrected chi connectivity index (χ3v) is 4.30. The third-order valence-electron chi connectivity index (χ3n) is 4.05. The molecule has 0 unspecified atom stereocenters. The Labute approximate surface area is 163 Å². The molecule has 0 bridgehead atoms. The minimum Gasteiger partial charge on any atom is -0.489 e. The molecule has 27 heavy (non-hydrogen) atoms. The lowest BCUT2D eigenvalue weighted by Crippen LogP contribution is -2.25. The zero-order valence-electron chi connectivity index (χ0n) is 15.2. The Bertz CT molecular complexity index is 873. The first-order valence-electron chi connectivity index (χ1n) is 8.85. The molecule has 1 heterocycles. The Balaban J connectivity index is 1.42. The van der Waals surface area contributed by atoms with Crippen LogP contribution in [0.15, 0.2) is 60.9 Å². The average Bonchev–Trinajstić information content (AvgIpc) is 3.10. The highest BCUT2D eigenvalue weighted by molar-refractivity contribution is 6.30. The van der Waals surface area contributed by atoms with Gasteiger partial charge in [-0.1, -0.05) is 23.7 Å². The molecular formula is C21H22ClN3O2. The van der Waals surface area contributed by atoms with Crippen molar-refractivity contribution in [2.45, 2.75) is 26.5 Å². The summed E-state index contributed by atoms with van der Waals surface area (Å²) in [7, 11) is 0. The minimum absolute atomic E-state index is 0.0724. The van der Waals surface area contributed by atoms with Gasteiger partial charge in [-0.05, 0) is 60.9 Å². The van der Waals surface area contributed by atoms with E-state index in [0.717, 1.165) is 29.8 Å². The highest BCUT2D eigenvalue weighted by atomic mass is 35.5. The maximum Gasteiger partial charge on any atom is 0.251 e. The molecule has 0 aliphatic heterocycles. The van der Waals surface area contributed by atoms with Crippen LogP contribution in [-0.2, 0) is 13.2 Å². The lowest BCUT2D eigenvalue weighted by molar-refractivity contribution is 0.0952. The number of ether oxygens (including phenoxy) is 1. The molecule has 0 aliphatic carbocycles. The van der Waals surface area contributed by atoms with Crippen molar-refractivity contribution < 1.29 is 9.53 Å². The van der Waals surface area contributed by atoms with Crippen LogP contribution < -0.4 is 10.1 Å². The number of nitrogens with zero attached hydrogens (tertiary/aromatic N) is 2. The Morgan fingerprint density at radius 1 is 1.15 bits per heavy atom. The minimum atomic E-state index is -0.0724. The van der Waals surface area contributed by atoms with Crippen LogP contribution in [0.25, 0.3) is 0 Å². The highest BCUT2D eigenvalue weighted by Gasteiger charge is 2.05. The number of benzene rings is 2. The summed E-state index contributed by atoms with van der Waals surface area (Å²) >= 11 is 5.86. The fourth-order valence-electron chi connectivity index (χ4n) is 2.58. The number of hydrogen-bond acceptors (Lipinski definition) is 3. The van der Waals surface area contributed by atoms with E-state index < -0.39 is 0 Å². The monoisotopic (exact) mass is 383 g/mol. The highest BCUT2D eigenvalue weighted by Crippen LogP contribution is 2.17. The van der Waals surface area contributed by atoms with Gasteiger partial charge in [0.25, 0.3) is 5.91 Å². The molecule has 0 spiro atoms. The van der Waals surface area contributed by atoms with Gasteiger partial charge in [-0.25, -0.2) is 0 Å². The standard InChI is InChI=1S/C21H22ClN3O2/c1-16-13-24-25(14-16)12-2-11-23-21(26)18-5-3-17(4-6-18)15-27-20-9-7-19(22)8-10-20/h3-10,13-14H,2,11-12,15H2,1H3,(H,23,26). The molecule has 0 aliphatic rings. The maximum absolute atomic E-state index is 12.2. The summed E-state index contributed by atoms with van der Waals surface area (Å²) in [4.78, 5) is 12.2. The molecule has 0 fully saturated rings. The number of carbonyl (C=O) groups is 1. The van der Waals surface area contributed by atoms with Crippen LogP contribution in [0.4, 0.5) is 0 Å².